The quantitative estimate of drug-likeness (QED) is 0.0446. The molecule has 3 atom stereocenters. The van der Waals surface area contributed by atoms with Gasteiger partial charge in [-0.15, -0.1) is 0 Å². The molecule has 3 unspecified atom stereocenters. The van der Waals surface area contributed by atoms with Gasteiger partial charge >= 0.3 is 11.9 Å². The lowest BCUT2D eigenvalue weighted by molar-refractivity contribution is -0.146. The van der Waals surface area contributed by atoms with Gasteiger partial charge in [0.15, 0.2) is 0 Å². The second-order valence-electron chi connectivity index (χ2n) is 24.9. The first-order chi connectivity index (χ1) is 37.7. The van der Waals surface area contributed by atoms with E-state index in [0.29, 0.717) is 50.2 Å². The van der Waals surface area contributed by atoms with Crippen LogP contribution in [-0.4, -0.2) is 74.1 Å². The molecule has 0 spiro atoms. The summed E-state index contributed by atoms with van der Waals surface area (Å²) in [4.78, 5) is 44.9. The number of carbonyl (C=O) groups is 3. The smallest absolute Gasteiger partial charge is 0.305 e. The Labute approximate surface area is 482 Å². The average molecular weight is 1090 g/mol. The van der Waals surface area contributed by atoms with Crippen LogP contribution in [0.1, 0.15) is 375 Å². The molecule has 0 aliphatic rings. The zero-order chi connectivity index (χ0) is 56.3. The molecule has 7 nitrogen and oxygen atoms in total. The van der Waals surface area contributed by atoms with Crippen LogP contribution in [0, 0.1) is 11.8 Å². The molecule has 7 heteroatoms. The SMILES string of the molecule is CCCCCCCCCCCCC(CCCCCCCC)COC(=O)CCCCCC(CCCCCCC(=O)OCC(CCCCCCCC)CCCCCCCCCC)N(CCCN(C)C)C(=O)CCCCCCCC. The van der Waals surface area contributed by atoms with Crippen molar-refractivity contribution < 1.29 is 23.9 Å². The summed E-state index contributed by atoms with van der Waals surface area (Å²) in [5.74, 6) is 1.29. The highest BCUT2D eigenvalue weighted by Crippen LogP contribution is 2.25. The maximum absolute atomic E-state index is 14.1. The highest BCUT2D eigenvalue weighted by molar-refractivity contribution is 5.76. The molecule has 0 bridgehead atoms. The van der Waals surface area contributed by atoms with Crippen molar-refractivity contribution in [3.05, 3.63) is 0 Å². The minimum absolute atomic E-state index is 0.0136. The summed E-state index contributed by atoms with van der Waals surface area (Å²) in [6.45, 7) is 14.4. The summed E-state index contributed by atoms with van der Waals surface area (Å²) in [6, 6.07) is 0.222. The number of amides is 1. The highest BCUT2D eigenvalue weighted by Gasteiger charge is 2.23. The molecule has 0 rings (SSSR count). The van der Waals surface area contributed by atoms with Crippen molar-refractivity contribution in [3.63, 3.8) is 0 Å². The van der Waals surface area contributed by atoms with E-state index in [1.165, 1.54) is 244 Å². The Morgan fingerprint density at radius 1 is 0.299 bits per heavy atom. The normalized spacial score (nSPS) is 12.8. The lowest BCUT2D eigenvalue weighted by Gasteiger charge is -2.33. The van der Waals surface area contributed by atoms with Crippen LogP contribution in [-0.2, 0) is 23.9 Å². The monoisotopic (exact) mass is 1090 g/mol. The Morgan fingerprint density at radius 3 is 0.870 bits per heavy atom. The van der Waals surface area contributed by atoms with Gasteiger partial charge in [-0.2, -0.15) is 0 Å². The first-order valence-corrected chi connectivity index (χ1v) is 35.0. The van der Waals surface area contributed by atoms with Crippen molar-refractivity contribution in [1.82, 2.24) is 9.80 Å². The van der Waals surface area contributed by atoms with Crippen LogP contribution in [0.2, 0.25) is 0 Å². The highest BCUT2D eigenvalue weighted by atomic mass is 16.5. The van der Waals surface area contributed by atoms with E-state index in [1.807, 2.05) is 0 Å². The van der Waals surface area contributed by atoms with Crippen molar-refractivity contribution in [2.24, 2.45) is 11.8 Å². The van der Waals surface area contributed by atoms with Crippen LogP contribution in [0.15, 0.2) is 0 Å². The van der Waals surface area contributed by atoms with E-state index in [2.05, 4.69) is 58.5 Å². The average Bonchev–Trinajstić information content (AvgIpc) is 3.42. The summed E-state index contributed by atoms with van der Waals surface area (Å²) in [5.41, 5.74) is 0. The summed E-state index contributed by atoms with van der Waals surface area (Å²) in [5, 5.41) is 0. The summed E-state index contributed by atoms with van der Waals surface area (Å²) in [7, 11) is 4.25. The van der Waals surface area contributed by atoms with Crippen LogP contribution in [0.5, 0.6) is 0 Å². The Morgan fingerprint density at radius 2 is 0.558 bits per heavy atom. The van der Waals surface area contributed by atoms with E-state index in [9.17, 15) is 14.4 Å². The van der Waals surface area contributed by atoms with Crippen LogP contribution >= 0.6 is 0 Å². The molecule has 0 aromatic carbocycles. The Hall–Kier alpha value is -1.63. The van der Waals surface area contributed by atoms with E-state index < -0.39 is 0 Å². The molecule has 0 heterocycles. The number of hydrogen-bond acceptors (Lipinski definition) is 6. The van der Waals surface area contributed by atoms with Gasteiger partial charge in [-0.05, 0) is 96.7 Å². The minimum Gasteiger partial charge on any atom is -0.465 e. The number of rotatable bonds is 63. The van der Waals surface area contributed by atoms with Crippen molar-refractivity contribution in [3.8, 4) is 0 Å². The van der Waals surface area contributed by atoms with E-state index in [0.717, 1.165) is 90.1 Å². The molecule has 0 N–H and O–H groups in total. The van der Waals surface area contributed by atoms with Crippen molar-refractivity contribution >= 4 is 17.8 Å². The van der Waals surface area contributed by atoms with Gasteiger partial charge in [0.2, 0.25) is 5.91 Å². The van der Waals surface area contributed by atoms with Gasteiger partial charge in [0.25, 0.3) is 0 Å². The third-order valence-electron chi connectivity index (χ3n) is 16.9. The Kier molecular flexibility index (Phi) is 59.2. The first kappa shape index (κ1) is 75.4. The molecule has 0 saturated carbocycles. The molecule has 0 aromatic rings. The molecule has 0 fully saturated rings. The fourth-order valence-corrected chi connectivity index (χ4v) is 11.7. The van der Waals surface area contributed by atoms with Gasteiger partial charge in [-0.1, -0.05) is 291 Å². The second kappa shape index (κ2) is 60.5. The lowest BCUT2D eigenvalue weighted by atomic mass is 9.94. The summed E-state index contributed by atoms with van der Waals surface area (Å²) in [6.07, 6.45) is 63.5. The van der Waals surface area contributed by atoms with Gasteiger partial charge in [0.05, 0.1) is 13.2 Å². The van der Waals surface area contributed by atoms with Crippen molar-refractivity contribution in [2.75, 3.05) is 40.4 Å². The number of hydrogen-bond donors (Lipinski definition) is 0. The molecule has 0 radical (unpaired) electrons. The Balaban J connectivity index is 5.34. The molecule has 0 aliphatic carbocycles. The van der Waals surface area contributed by atoms with Gasteiger partial charge in [-0.25, -0.2) is 0 Å². The van der Waals surface area contributed by atoms with Crippen molar-refractivity contribution in [1.29, 1.82) is 0 Å². The summed E-state index contributed by atoms with van der Waals surface area (Å²) >= 11 is 0. The molecular formula is C70H138N2O5. The van der Waals surface area contributed by atoms with Gasteiger partial charge in [0.1, 0.15) is 0 Å². The van der Waals surface area contributed by atoms with Crippen LogP contribution in [0.4, 0.5) is 0 Å². The number of unbranched alkanes of at least 4 members (excludes halogenated alkanes) is 36. The zero-order valence-electron chi connectivity index (χ0n) is 53.5. The van der Waals surface area contributed by atoms with E-state index >= 15 is 0 Å². The topological polar surface area (TPSA) is 76.2 Å². The summed E-state index contributed by atoms with van der Waals surface area (Å²) < 4.78 is 12.0. The van der Waals surface area contributed by atoms with Crippen LogP contribution in [0.3, 0.4) is 0 Å². The predicted octanol–water partition coefficient (Wildman–Crippen LogP) is 21.8. The minimum atomic E-state index is -0.0207. The fourth-order valence-electron chi connectivity index (χ4n) is 11.7. The third kappa shape index (κ3) is 53.4. The predicted molar refractivity (Wildman–Crippen MR) is 336 cm³/mol. The molecule has 0 aromatic heterocycles. The van der Waals surface area contributed by atoms with E-state index in [-0.39, 0.29) is 18.0 Å². The number of carbonyl (C=O) groups excluding carboxylic acids is 3. The molecular weight excluding hydrogens is 949 g/mol. The van der Waals surface area contributed by atoms with Crippen LogP contribution in [0.25, 0.3) is 0 Å². The molecule has 1 amide bonds. The molecule has 0 aliphatic heterocycles. The van der Waals surface area contributed by atoms with Crippen molar-refractivity contribution in [2.45, 2.75) is 381 Å². The fraction of sp³-hybridized carbons (Fsp3) is 0.957. The van der Waals surface area contributed by atoms with Gasteiger partial charge < -0.3 is 19.3 Å². The van der Waals surface area contributed by atoms with Gasteiger partial charge in [-0.3, -0.25) is 14.4 Å². The van der Waals surface area contributed by atoms with Crippen LogP contribution < -0.4 is 0 Å². The van der Waals surface area contributed by atoms with Gasteiger partial charge in [0, 0.05) is 31.8 Å². The molecule has 77 heavy (non-hydrogen) atoms. The first-order valence-electron chi connectivity index (χ1n) is 35.0. The Bertz CT molecular complexity index is 1230. The number of ether oxygens (including phenoxy) is 2. The standard InChI is InChI=1S/C70H138N2O5/c1-8-13-18-23-28-30-31-33-37-45-55-66(53-43-35-26-21-16-11-4)64-77-70(75)60-50-41-47-57-67(72(62-51-61-71(6)7)68(73)58-48-38-27-22-17-12-5)56-46-39-40-49-59-69(74)76-63-65(52-42-34-25-20-15-10-3)54-44-36-32-29-24-19-14-9-2/h65-67H,8-64H2,1-7H3. The second-order valence-corrected chi connectivity index (χ2v) is 24.9. The molecule has 458 valence electrons. The maximum atomic E-state index is 14.1. The number of nitrogens with zero attached hydrogens (tertiary/aromatic N) is 2. The zero-order valence-corrected chi connectivity index (χ0v) is 53.5. The molecule has 0 saturated heterocycles. The largest absolute Gasteiger partial charge is 0.465 e. The lowest BCUT2D eigenvalue weighted by Crippen LogP contribution is -2.41. The van der Waals surface area contributed by atoms with E-state index in [4.69, 9.17) is 9.47 Å². The third-order valence-corrected chi connectivity index (χ3v) is 16.9. The maximum Gasteiger partial charge on any atom is 0.305 e. The number of esters is 2. The van der Waals surface area contributed by atoms with E-state index in [1.54, 1.807) is 0 Å².